The molecule has 3 rings (SSSR count). The molecule has 0 bridgehead atoms. The molecule has 0 aliphatic heterocycles. The summed E-state index contributed by atoms with van der Waals surface area (Å²) < 4.78 is 43.5. The molecule has 1 heterocycles. The zero-order valence-corrected chi connectivity index (χ0v) is 21.8. The summed E-state index contributed by atoms with van der Waals surface area (Å²) in [6.07, 6.45) is 5.43. The van der Waals surface area contributed by atoms with Crippen molar-refractivity contribution in [1.82, 2.24) is 14.9 Å². The van der Waals surface area contributed by atoms with Crippen LogP contribution in [0.4, 0.5) is 24.9 Å². The summed E-state index contributed by atoms with van der Waals surface area (Å²) in [7, 11) is 0. The molecule has 0 radical (unpaired) electrons. The van der Waals surface area contributed by atoms with E-state index in [-0.39, 0.29) is 28.6 Å². The predicted octanol–water partition coefficient (Wildman–Crippen LogP) is 6.39. The van der Waals surface area contributed by atoms with E-state index in [1.54, 1.807) is 13.0 Å². The third kappa shape index (κ3) is 6.86. The van der Waals surface area contributed by atoms with Gasteiger partial charge < -0.3 is 15.5 Å². The highest BCUT2D eigenvalue weighted by molar-refractivity contribution is 5.89. The number of rotatable bonds is 13. The molecule has 2 N–H and O–H groups in total. The van der Waals surface area contributed by atoms with Gasteiger partial charge in [0, 0.05) is 23.2 Å². The smallest absolute Gasteiger partial charge is 0.225 e. The lowest BCUT2D eigenvalue weighted by atomic mass is 9.97. The molecule has 0 aliphatic carbocycles. The number of hydrogen-bond donors (Lipinski definition) is 2. The van der Waals surface area contributed by atoms with Crippen LogP contribution in [-0.4, -0.2) is 47.5 Å². The summed E-state index contributed by atoms with van der Waals surface area (Å²) in [5.41, 5.74) is 1.54. The molecule has 0 unspecified atom stereocenters. The Morgan fingerprint density at radius 3 is 2.32 bits per heavy atom. The standard InChI is InChI=1S/C29H32F3N5O/c1-5-20-16-23(19(4)26(32)17-20)27-22(13-12-21-24(30)10-8-11-25(21)31)28(34-18-38)36-29(35-27)33-14-9-15-37(6-2)7-3/h5,8,10-13,16-18H,1,6-7,9,14-15H2,2-4H3,(H2,33,34,35,36,38)/b13-12-. The van der Waals surface area contributed by atoms with Crippen LogP contribution in [0.5, 0.6) is 0 Å². The number of amides is 1. The van der Waals surface area contributed by atoms with Crippen LogP contribution in [0.3, 0.4) is 0 Å². The average Bonchev–Trinajstić information content (AvgIpc) is 2.90. The summed E-state index contributed by atoms with van der Waals surface area (Å²) in [5, 5.41) is 5.73. The normalized spacial score (nSPS) is 11.2. The van der Waals surface area contributed by atoms with Gasteiger partial charge in [-0.25, -0.2) is 18.2 Å². The Kier molecular flexibility index (Phi) is 10.2. The van der Waals surface area contributed by atoms with Crippen LogP contribution >= 0.6 is 0 Å². The van der Waals surface area contributed by atoms with Crippen LogP contribution < -0.4 is 10.6 Å². The van der Waals surface area contributed by atoms with Gasteiger partial charge in [-0.3, -0.25) is 4.79 Å². The number of anilines is 2. The summed E-state index contributed by atoms with van der Waals surface area (Å²) in [5.74, 6) is -1.65. The summed E-state index contributed by atoms with van der Waals surface area (Å²) >= 11 is 0. The first-order chi connectivity index (χ1) is 18.3. The molecule has 0 spiro atoms. The van der Waals surface area contributed by atoms with E-state index in [9.17, 15) is 18.0 Å². The molecule has 0 saturated heterocycles. The fourth-order valence-electron chi connectivity index (χ4n) is 4.02. The minimum absolute atomic E-state index is 0.105. The SMILES string of the molecule is C=Cc1cc(F)c(C)c(-c2nc(NCCCN(CC)CC)nc(NC=O)c2/C=C\c2c(F)cccc2F)c1. The Morgan fingerprint density at radius 2 is 1.68 bits per heavy atom. The molecule has 1 aromatic heterocycles. The van der Waals surface area contributed by atoms with Crippen LogP contribution in [-0.2, 0) is 4.79 Å². The maximum atomic E-state index is 14.8. The third-order valence-electron chi connectivity index (χ3n) is 6.24. The van der Waals surface area contributed by atoms with Crippen molar-refractivity contribution < 1.29 is 18.0 Å². The molecule has 1 amide bonds. The van der Waals surface area contributed by atoms with Crippen LogP contribution in [0.1, 0.15) is 42.5 Å². The average molecular weight is 524 g/mol. The topological polar surface area (TPSA) is 70.2 Å². The maximum Gasteiger partial charge on any atom is 0.225 e. The van der Waals surface area contributed by atoms with Crippen LogP contribution in [0, 0.1) is 24.4 Å². The highest BCUT2D eigenvalue weighted by Crippen LogP contribution is 2.34. The Balaban J connectivity index is 2.14. The van der Waals surface area contributed by atoms with E-state index in [4.69, 9.17) is 0 Å². The second-order valence-corrected chi connectivity index (χ2v) is 8.58. The molecule has 0 saturated carbocycles. The van der Waals surface area contributed by atoms with E-state index in [1.807, 2.05) is 0 Å². The van der Waals surface area contributed by atoms with E-state index in [1.165, 1.54) is 30.4 Å². The van der Waals surface area contributed by atoms with Gasteiger partial charge in [-0.15, -0.1) is 0 Å². The Hall–Kier alpha value is -3.98. The van der Waals surface area contributed by atoms with Gasteiger partial charge >= 0.3 is 0 Å². The van der Waals surface area contributed by atoms with Crippen LogP contribution in [0.25, 0.3) is 29.5 Å². The number of benzene rings is 2. The first kappa shape index (κ1) is 28.6. The maximum absolute atomic E-state index is 14.8. The van der Waals surface area contributed by atoms with Crippen molar-refractivity contribution in [2.75, 3.05) is 36.8 Å². The van der Waals surface area contributed by atoms with Crippen molar-refractivity contribution >= 4 is 36.4 Å². The highest BCUT2D eigenvalue weighted by Gasteiger charge is 2.19. The van der Waals surface area contributed by atoms with Crippen molar-refractivity contribution in [2.24, 2.45) is 0 Å². The minimum atomic E-state index is -0.754. The van der Waals surface area contributed by atoms with Gasteiger partial charge in [0.2, 0.25) is 12.4 Å². The van der Waals surface area contributed by atoms with Gasteiger partial charge in [0.05, 0.1) is 5.69 Å². The summed E-state index contributed by atoms with van der Waals surface area (Å²) in [6.45, 7) is 12.9. The van der Waals surface area contributed by atoms with Gasteiger partial charge in [-0.2, -0.15) is 4.98 Å². The number of nitrogens with zero attached hydrogens (tertiary/aromatic N) is 3. The monoisotopic (exact) mass is 523 g/mol. The minimum Gasteiger partial charge on any atom is -0.354 e. The van der Waals surface area contributed by atoms with E-state index < -0.39 is 17.5 Å². The summed E-state index contributed by atoms with van der Waals surface area (Å²) in [4.78, 5) is 22.8. The molecule has 2 aromatic carbocycles. The number of aromatic nitrogens is 2. The second-order valence-electron chi connectivity index (χ2n) is 8.58. The van der Waals surface area contributed by atoms with Gasteiger partial charge in [-0.1, -0.05) is 32.6 Å². The van der Waals surface area contributed by atoms with Gasteiger partial charge in [0.1, 0.15) is 23.3 Å². The van der Waals surface area contributed by atoms with E-state index in [0.717, 1.165) is 38.2 Å². The van der Waals surface area contributed by atoms with E-state index in [0.29, 0.717) is 29.6 Å². The Morgan fingerprint density at radius 1 is 1.00 bits per heavy atom. The molecule has 6 nitrogen and oxygen atoms in total. The van der Waals surface area contributed by atoms with Gasteiger partial charge in [-0.05, 0) is 80.5 Å². The zero-order chi connectivity index (χ0) is 27.7. The lowest BCUT2D eigenvalue weighted by Crippen LogP contribution is -2.25. The van der Waals surface area contributed by atoms with Crippen LogP contribution in [0.15, 0.2) is 36.9 Å². The summed E-state index contributed by atoms with van der Waals surface area (Å²) in [6, 6.07) is 6.62. The number of carbonyl (C=O) groups excluding carboxylic acids is 1. The van der Waals surface area contributed by atoms with Crippen molar-refractivity contribution in [2.45, 2.75) is 27.2 Å². The second kappa shape index (κ2) is 13.5. The Bertz CT molecular complexity index is 1300. The van der Waals surface area contributed by atoms with Gasteiger partial charge in [0.15, 0.2) is 0 Å². The van der Waals surface area contributed by atoms with Crippen molar-refractivity contribution in [3.05, 3.63) is 76.6 Å². The Labute approximate surface area is 221 Å². The lowest BCUT2D eigenvalue weighted by molar-refractivity contribution is -0.105. The van der Waals surface area contributed by atoms with E-state index >= 15 is 0 Å². The molecule has 0 fully saturated rings. The van der Waals surface area contributed by atoms with Crippen molar-refractivity contribution in [3.8, 4) is 11.3 Å². The van der Waals surface area contributed by atoms with Gasteiger partial charge in [0.25, 0.3) is 0 Å². The number of hydrogen-bond acceptors (Lipinski definition) is 5. The quantitative estimate of drug-likeness (QED) is 0.201. The van der Waals surface area contributed by atoms with Crippen LogP contribution in [0.2, 0.25) is 0 Å². The molecular weight excluding hydrogens is 491 g/mol. The van der Waals surface area contributed by atoms with Crippen molar-refractivity contribution in [1.29, 1.82) is 0 Å². The fourth-order valence-corrected chi connectivity index (χ4v) is 4.02. The molecule has 9 heteroatoms. The predicted molar refractivity (Wildman–Crippen MR) is 148 cm³/mol. The zero-order valence-electron chi connectivity index (χ0n) is 21.8. The first-order valence-corrected chi connectivity index (χ1v) is 12.5. The largest absolute Gasteiger partial charge is 0.354 e. The molecule has 0 aliphatic rings. The molecular formula is C29H32F3N5O. The molecule has 0 atom stereocenters. The van der Waals surface area contributed by atoms with E-state index in [2.05, 4.69) is 45.9 Å². The lowest BCUT2D eigenvalue weighted by Gasteiger charge is -2.18. The fraction of sp³-hybridized carbons (Fsp3) is 0.276. The first-order valence-electron chi connectivity index (χ1n) is 12.5. The highest BCUT2D eigenvalue weighted by atomic mass is 19.1. The third-order valence-corrected chi connectivity index (χ3v) is 6.24. The van der Waals surface area contributed by atoms with Crippen molar-refractivity contribution in [3.63, 3.8) is 0 Å². The number of carbonyl (C=O) groups is 1. The number of nitrogens with one attached hydrogen (secondary N) is 2. The molecule has 3 aromatic rings. The molecule has 38 heavy (non-hydrogen) atoms. The number of halogens is 3. The molecule has 200 valence electrons.